The van der Waals surface area contributed by atoms with Crippen molar-refractivity contribution in [2.45, 2.75) is 39.7 Å². The molecule has 0 aliphatic carbocycles. The van der Waals surface area contributed by atoms with Gasteiger partial charge in [0.25, 0.3) is 5.91 Å². The van der Waals surface area contributed by atoms with Gasteiger partial charge >= 0.3 is 0 Å². The summed E-state index contributed by atoms with van der Waals surface area (Å²) in [4.78, 5) is 12.2. The molecule has 3 nitrogen and oxygen atoms in total. The predicted molar refractivity (Wildman–Crippen MR) is 91.1 cm³/mol. The summed E-state index contributed by atoms with van der Waals surface area (Å²) < 4.78 is 5.88. The van der Waals surface area contributed by atoms with E-state index in [2.05, 4.69) is 25.2 Å². The highest BCUT2D eigenvalue weighted by molar-refractivity contribution is 5.84. The highest BCUT2D eigenvalue weighted by Gasteiger charge is 2.18. The summed E-state index contributed by atoms with van der Waals surface area (Å²) in [6, 6.07) is 14.1. The zero-order valence-corrected chi connectivity index (χ0v) is 13.6. The molecule has 0 heterocycles. The minimum absolute atomic E-state index is 0.0312. The van der Waals surface area contributed by atoms with Gasteiger partial charge in [0.1, 0.15) is 5.75 Å². The van der Waals surface area contributed by atoms with Gasteiger partial charge in [-0.2, -0.15) is 0 Å². The number of nitrogens with one attached hydrogen (secondary N) is 1. The Hall–Kier alpha value is -2.03. The minimum Gasteiger partial charge on any atom is -0.481 e. The first-order valence-electron chi connectivity index (χ1n) is 8.03. The van der Waals surface area contributed by atoms with Crippen LogP contribution in [-0.2, 0) is 4.79 Å². The van der Waals surface area contributed by atoms with E-state index in [0.717, 1.165) is 17.6 Å². The highest BCUT2D eigenvalue weighted by Crippen LogP contribution is 2.22. The number of amides is 1. The monoisotopic (exact) mass is 299 g/mol. The molecule has 1 N–H and O–H groups in total. The van der Waals surface area contributed by atoms with Crippen LogP contribution in [0.1, 0.15) is 33.6 Å². The molecule has 0 bridgehead atoms. The molecule has 1 amide bonds. The number of hydrogen-bond acceptors (Lipinski definition) is 2. The molecule has 2 rings (SSSR count). The first-order chi connectivity index (χ1) is 10.6. The fraction of sp³-hybridized carbons (Fsp3) is 0.421. The lowest BCUT2D eigenvalue weighted by Crippen LogP contribution is -2.38. The van der Waals surface area contributed by atoms with Crippen molar-refractivity contribution in [3.05, 3.63) is 42.5 Å². The molecule has 0 unspecified atom stereocenters. The number of fused-ring (bicyclic) bond motifs is 1. The Bertz CT molecular complexity index is 622. The second-order valence-electron chi connectivity index (χ2n) is 6.00. The van der Waals surface area contributed by atoms with Crippen LogP contribution in [0.2, 0.25) is 0 Å². The van der Waals surface area contributed by atoms with E-state index in [4.69, 9.17) is 4.74 Å². The van der Waals surface area contributed by atoms with E-state index >= 15 is 0 Å². The molecule has 0 saturated carbocycles. The number of carbonyl (C=O) groups is 1. The number of ether oxygens (including phenoxy) is 1. The molecule has 0 aliphatic rings. The lowest BCUT2D eigenvalue weighted by Gasteiger charge is -2.18. The van der Waals surface area contributed by atoms with Crippen LogP contribution in [0, 0.1) is 5.92 Å². The Morgan fingerprint density at radius 1 is 1.14 bits per heavy atom. The maximum absolute atomic E-state index is 12.2. The van der Waals surface area contributed by atoms with Gasteiger partial charge < -0.3 is 10.1 Å². The quantitative estimate of drug-likeness (QED) is 0.833. The Kier molecular flexibility index (Phi) is 5.82. The lowest BCUT2D eigenvalue weighted by atomic mass is 10.1. The zero-order chi connectivity index (χ0) is 15.9. The average Bonchev–Trinajstić information content (AvgIpc) is 2.52. The summed E-state index contributed by atoms with van der Waals surface area (Å²) in [6.07, 6.45) is 1.20. The molecule has 0 aromatic heterocycles. The van der Waals surface area contributed by atoms with Crippen LogP contribution in [0.15, 0.2) is 42.5 Å². The van der Waals surface area contributed by atoms with Gasteiger partial charge in [-0.3, -0.25) is 4.79 Å². The third-order valence-corrected chi connectivity index (χ3v) is 3.68. The van der Waals surface area contributed by atoms with Gasteiger partial charge in [0.05, 0.1) is 0 Å². The van der Waals surface area contributed by atoms with Gasteiger partial charge in [0.15, 0.2) is 6.10 Å². The first-order valence-corrected chi connectivity index (χ1v) is 8.03. The van der Waals surface area contributed by atoms with Crippen LogP contribution in [0.5, 0.6) is 5.75 Å². The average molecular weight is 299 g/mol. The predicted octanol–water partition coefficient (Wildman–Crippen LogP) is 4.16. The van der Waals surface area contributed by atoms with Gasteiger partial charge in [-0.1, -0.05) is 51.1 Å². The lowest BCUT2D eigenvalue weighted by molar-refractivity contribution is -0.128. The fourth-order valence-corrected chi connectivity index (χ4v) is 2.33. The molecule has 2 aromatic carbocycles. The third-order valence-electron chi connectivity index (χ3n) is 3.68. The molecule has 0 spiro atoms. The van der Waals surface area contributed by atoms with Crippen LogP contribution >= 0.6 is 0 Å². The standard InChI is InChI=1S/C19H25NO2/c1-4-18(19(21)20-12-11-14(2)3)22-17-10-9-15-7-5-6-8-16(15)13-17/h5-10,13-14,18H,4,11-12H2,1-3H3,(H,20,21)/t18-/m0/s1. The van der Waals surface area contributed by atoms with Crippen molar-refractivity contribution in [1.82, 2.24) is 5.32 Å². The molecule has 0 fully saturated rings. The number of rotatable bonds is 7. The Labute approximate surface area is 132 Å². The van der Waals surface area contributed by atoms with Crippen LogP contribution in [0.3, 0.4) is 0 Å². The second-order valence-corrected chi connectivity index (χ2v) is 6.00. The first kappa shape index (κ1) is 16.3. The van der Waals surface area contributed by atoms with Gasteiger partial charge in [0.2, 0.25) is 0 Å². The van der Waals surface area contributed by atoms with Crippen molar-refractivity contribution in [2.24, 2.45) is 5.92 Å². The number of benzene rings is 2. The SMILES string of the molecule is CC[C@H](Oc1ccc2ccccc2c1)C(=O)NCCC(C)C. The van der Waals surface area contributed by atoms with Gasteiger partial charge in [-0.15, -0.1) is 0 Å². The van der Waals surface area contributed by atoms with Crippen molar-refractivity contribution < 1.29 is 9.53 Å². The van der Waals surface area contributed by atoms with Crippen molar-refractivity contribution in [2.75, 3.05) is 6.54 Å². The largest absolute Gasteiger partial charge is 0.481 e. The van der Waals surface area contributed by atoms with E-state index in [9.17, 15) is 4.79 Å². The molecule has 1 atom stereocenters. The molecule has 2 aromatic rings. The number of carbonyl (C=O) groups excluding carboxylic acids is 1. The molecule has 0 saturated heterocycles. The summed E-state index contributed by atoms with van der Waals surface area (Å²) in [5, 5.41) is 5.25. The third kappa shape index (κ3) is 4.48. The maximum Gasteiger partial charge on any atom is 0.261 e. The zero-order valence-electron chi connectivity index (χ0n) is 13.6. The minimum atomic E-state index is -0.437. The van der Waals surface area contributed by atoms with Crippen LogP contribution < -0.4 is 10.1 Å². The van der Waals surface area contributed by atoms with Gasteiger partial charge in [0, 0.05) is 6.54 Å². The maximum atomic E-state index is 12.2. The Balaban J connectivity index is 2.00. The van der Waals surface area contributed by atoms with E-state index in [1.54, 1.807) is 0 Å². The summed E-state index contributed by atoms with van der Waals surface area (Å²) >= 11 is 0. The fourth-order valence-electron chi connectivity index (χ4n) is 2.33. The number of hydrogen-bond donors (Lipinski definition) is 1. The molecule has 3 heteroatoms. The van der Waals surface area contributed by atoms with Crippen molar-refractivity contribution in [3.8, 4) is 5.75 Å². The Morgan fingerprint density at radius 2 is 1.86 bits per heavy atom. The normalized spacial score (nSPS) is 12.4. The van der Waals surface area contributed by atoms with Crippen LogP contribution in [0.25, 0.3) is 10.8 Å². The second kappa shape index (κ2) is 7.83. The van der Waals surface area contributed by atoms with Crippen molar-refractivity contribution >= 4 is 16.7 Å². The van der Waals surface area contributed by atoms with E-state index in [1.807, 2.05) is 43.3 Å². The molecular formula is C19H25NO2. The summed E-state index contributed by atoms with van der Waals surface area (Å²) in [5.41, 5.74) is 0. The van der Waals surface area contributed by atoms with Gasteiger partial charge in [-0.05, 0) is 41.7 Å². The van der Waals surface area contributed by atoms with Crippen molar-refractivity contribution in [1.29, 1.82) is 0 Å². The van der Waals surface area contributed by atoms with E-state index in [1.165, 1.54) is 5.39 Å². The van der Waals surface area contributed by atoms with Gasteiger partial charge in [-0.25, -0.2) is 0 Å². The topological polar surface area (TPSA) is 38.3 Å². The summed E-state index contributed by atoms with van der Waals surface area (Å²) in [6.45, 7) is 6.96. The van der Waals surface area contributed by atoms with Crippen molar-refractivity contribution in [3.63, 3.8) is 0 Å². The Morgan fingerprint density at radius 3 is 2.55 bits per heavy atom. The molecular weight excluding hydrogens is 274 g/mol. The summed E-state index contributed by atoms with van der Waals surface area (Å²) in [7, 11) is 0. The molecule has 22 heavy (non-hydrogen) atoms. The summed E-state index contributed by atoms with van der Waals surface area (Å²) in [5.74, 6) is 1.29. The van der Waals surface area contributed by atoms with E-state index in [-0.39, 0.29) is 5.91 Å². The smallest absolute Gasteiger partial charge is 0.261 e. The molecule has 118 valence electrons. The van der Waals surface area contributed by atoms with E-state index in [0.29, 0.717) is 18.9 Å². The highest BCUT2D eigenvalue weighted by atomic mass is 16.5. The van der Waals surface area contributed by atoms with E-state index < -0.39 is 6.10 Å². The van der Waals surface area contributed by atoms with Crippen LogP contribution in [0.4, 0.5) is 0 Å². The molecule has 0 aliphatic heterocycles. The van der Waals surface area contributed by atoms with Crippen LogP contribution in [-0.4, -0.2) is 18.6 Å². The molecule has 0 radical (unpaired) electrons.